The Morgan fingerprint density at radius 1 is 1.13 bits per heavy atom. The van der Waals surface area contributed by atoms with E-state index in [0.29, 0.717) is 5.82 Å². The van der Waals surface area contributed by atoms with Crippen molar-refractivity contribution in [1.82, 2.24) is 10.0 Å². The van der Waals surface area contributed by atoms with Crippen LogP contribution in [0.4, 0.5) is 0 Å². The fraction of sp³-hybridized carbons (Fsp3) is 0.706. The van der Waals surface area contributed by atoms with Gasteiger partial charge in [-0.15, -0.1) is 0 Å². The van der Waals surface area contributed by atoms with Crippen molar-refractivity contribution < 1.29 is 4.92 Å². The summed E-state index contributed by atoms with van der Waals surface area (Å²) in [4.78, 5) is 16.1. The van der Waals surface area contributed by atoms with Crippen LogP contribution in [0.25, 0.3) is 0 Å². The highest BCUT2D eigenvalue weighted by Gasteiger charge is 2.54. The Morgan fingerprint density at radius 3 is 2.04 bits per heavy atom. The van der Waals surface area contributed by atoms with Crippen LogP contribution >= 0.6 is 0 Å². The van der Waals surface area contributed by atoms with Crippen LogP contribution in [-0.2, 0) is 0 Å². The van der Waals surface area contributed by atoms with Crippen LogP contribution in [0, 0.1) is 20.9 Å². The van der Waals surface area contributed by atoms with Crippen LogP contribution < -0.4 is 0 Å². The zero-order chi connectivity index (χ0) is 18.0. The first-order valence-electron chi connectivity index (χ1n) is 7.93. The molecule has 0 N–H and O–H groups in total. The van der Waals surface area contributed by atoms with Gasteiger partial charge in [-0.05, 0) is 19.9 Å². The SMILES string of the molecule is CN1N2C(C(C)(C)C)=CC(C(C)(C)C)=NC2=C([N+](=O)[O-])C1(C)C. The molecule has 2 heterocycles. The molecule has 0 bridgehead atoms. The van der Waals surface area contributed by atoms with Crippen molar-refractivity contribution >= 4 is 5.71 Å². The summed E-state index contributed by atoms with van der Waals surface area (Å²) in [6.07, 6.45) is 2.08. The second kappa shape index (κ2) is 4.90. The lowest BCUT2D eigenvalue weighted by molar-refractivity contribution is -0.436. The van der Waals surface area contributed by atoms with E-state index in [9.17, 15) is 10.1 Å². The van der Waals surface area contributed by atoms with Gasteiger partial charge in [0, 0.05) is 23.6 Å². The van der Waals surface area contributed by atoms with Crippen molar-refractivity contribution in [2.45, 2.75) is 60.9 Å². The molecule has 2 rings (SSSR count). The molecule has 2 aliphatic heterocycles. The first kappa shape index (κ1) is 17.7. The third-order valence-corrected chi connectivity index (χ3v) is 4.55. The molecule has 0 fully saturated rings. The van der Waals surface area contributed by atoms with Crippen molar-refractivity contribution in [2.75, 3.05) is 7.05 Å². The molecule has 6 heteroatoms. The highest BCUT2D eigenvalue weighted by atomic mass is 16.6. The van der Waals surface area contributed by atoms with Gasteiger partial charge in [-0.1, -0.05) is 41.5 Å². The Labute approximate surface area is 138 Å². The summed E-state index contributed by atoms with van der Waals surface area (Å²) in [5.74, 6) is 0.444. The average Bonchev–Trinajstić information content (AvgIpc) is 2.53. The van der Waals surface area contributed by atoms with Crippen molar-refractivity contribution in [3.63, 3.8) is 0 Å². The van der Waals surface area contributed by atoms with Crippen molar-refractivity contribution in [3.05, 3.63) is 33.4 Å². The van der Waals surface area contributed by atoms with Crippen molar-refractivity contribution in [3.8, 4) is 0 Å². The van der Waals surface area contributed by atoms with Gasteiger partial charge in [0.2, 0.25) is 5.82 Å². The highest BCUT2D eigenvalue weighted by molar-refractivity contribution is 6.01. The van der Waals surface area contributed by atoms with Gasteiger partial charge in [0.15, 0.2) is 0 Å². The summed E-state index contributed by atoms with van der Waals surface area (Å²) >= 11 is 0. The van der Waals surface area contributed by atoms with E-state index >= 15 is 0 Å². The van der Waals surface area contributed by atoms with Gasteiger partial charge >= 0.3 is 5.70 Å². The number of hydrogen-bond acceptors (Lipinski definition) is 5. The lowest BCUT2D eigenvalue weighted by Gasteiger charge is -2.42. The third-order valence-electron chi connectivity index (χ3n) is 4.55. The van der Waals surface area contributed by atoms with E-state index in [4.69, 9.17) is 4.99 Å². The molecule has 0 aromatic rings. The van der Waals surface area contributed by atoms with Crippen LogP contribution in [0.5, 0.6) is 0 Å². The van der Waals surface area contributed by atoms with E-state index in [1.165, 1.54) is 0 Å². The molecule has 0 saturated heterocycles. The Kier molecular flexibility index (Phi) is 3.76. The Bertz CT molecular complexity index is 642. The first-order chi connectivity index (χ1) is 10.2. The molecule has 0 aromatic carbocycles. The standard InChI is InChI=1S/C17H28N4O2/c1-15(2,3)11-10-12(16(4,5)6)20-14(18-11)13(21(22)23)17(7,8)19(20)9/h10H,1-9H3. The maximum atomic E-state index is 11.7. The number of hydrazine groups is 1. The second-order valence-electron chi connectivity index (χ2n) is 8.85. The monoisotopic (exact) mass is 320 g/mol. The molecule has 6 nitrogen and oxygen atoms in total. The van der Waals surface area contributed by atoms with Gasteiger partial charge in [0.05, 0.1) is 10.6 Å². The van der Waals surface area contributed by atoms with E-state index in [1.807, 2.05) is 30.9 Å². The minimum atomic E-state index is -0.722. The molecule has 0 aliphatic carbocycles. The Morgan fingerprint density at radius 2 is 1.65 bits per heavy atom. The molecular weight excluding hydrogens is 292 g/mol. The fourth-order valence-corrected chi connectivity index (χ4v) is 2.86. The predicted octanol–water partition coefficient (Wildman–Crippen LogP) is 3.80. The van der Waals surface area contributed by atoms with E-state index in [-0.39, 0.29) is 21.5 Å². The van der Waals surface area contributed by atoms with E-state index in [1.54, 1.807) is 0 Å². The van der Waals surface area contributed by atoms with Crippen LogP contribution in [-0.4, -0.2) is 33.2 Å². The maximum Gasteiger partial charge on any atom is 0.311 e. The Hall–Kier alpha value is -1.69. The summed E-state index contributed by atoms with van der Waals surface area (Å²) in [6.45, 7) is 16.3. The minimum Gasteiger partial charge on any atom is -0.258 e. The zero-order valence-electron chi connectivity index (χ0n) is 15.7. The smallest absolute Gasteiger partial charge is 0.258 e. The molecule has 0 spiro atoms. The number of likely N-dealkylation sites (N-methyl/N-ethyl adjacent to an activating group) is 1. The quantitative estimate of drug-likeness (QED) is 0.544. The van der Waals surface area contributed by atoms with E-state index in [0.717, 1.165) is 11.4 Å². The molecule has 23 heavy (non-hydrogen) atoms. The normalized spacial score (nSPS) is 22.0. The summed E-state index contributed by atoms with van der Waals surface area (Å²) < 4.78 is 0. The lowest BCUT2D eigenvalue weighted by atomic mass is 9.84. The molecule has 0 amide bonds. The zero-order valence-corrected chi connectivity index (χ0v) is 15.7. The largest absolute Gasteiger partial charge is 0.311 e. The van der Waals surface area contributed by atoms with Gasteiger partial charge in [-0.3, -0.25) is 15.1 Å². The number of rotatable bonds is 1. The number of allylic oxidation sites excluding steroid dienone is 2. The lowest BCUT2D eigenvalue weighted by Crippen LogP contribution is -2.48. The maximum absolute atomic E-state index is 11.7. The van der Waals surface area contributed by atoms with Gasteiger partial charge in [-0.25, -0.2) is 10.0 Å². The van der Waals surface area contributed by atoms with Crippen molar-refractivity contribution in [1.29, 1.82) is 0 Å². The second-order valence-corrected chi connectivity index (χ2v) is 8.85. The summed E-state index contributed by atoms with van der Waals surface area (Å²) in [7, 11) is 1.88. The topological polar surface area (TPSA) is 62.0 Å². The molecular formula is C17H28N4O2. The highest BCUT2D eigenvalue weighted by Crippen LogP contribution is 2.46. The average molecular weight is 320 g/mol. The summed E-state index contributed by atoms with van der Waals surface area (Å²) in [6, 6.07) is 0. The third kappa shape index (κ3) is 2.69. The van der Waals surface area contributed by atoms with E-state index < -0.39 is 5.54 Å². The van der Waals surface area contributed by atoms with E-state index in [2.05, 4.69) is 47.6 Å². The van der Waals surface area contributed by atoms with Gasteiger partial charge in [-0.2, -0.15) is 0 Å². The van der Waals surface area contributed by atoms with Crippen LogP contribution in [0.15, 0.2) is 28.3 Å². The molecule has 2 aliphatic rings. The number of fused-ring (bicyclic) bond motifs is 1. The molecule has 0 atom stereocenters. The number of nitrogens with zero attached hydrogens (tertiary/aromatic N) is 4. The van der Waals surface area contributed by atoms with Gasteiger partial charge < -0.3 is 0 Å². The van der Waals surface area contributed by atoms with Crippen molar-refractivity contribution in [2.24, 2.45) is 15.8 Å². The number of aliphatic imine (C=N–C) groups is 1. The van der Waals surface area contributed by atoms with Gasteiger partial charge in [0.25, 0.3) is 0 Å². The minimum absolute atomic E-state index is 0.150. The van der Waals surface area contributed by atoms with Crippen LogP contribution in [0.3, 0.4) is 0 Å². The molecule has 0 unspecified atom stereocenters. The predicted molar refractivity (Wildman–Crippen MR) is 92.1 cm³/mol. The molecule has 128 valence electrons. The van der Waals surface area contributed by atoms with Gasteiger partial charge in [0.1, 0.15) is 5.54 Å². The fourth-order valence-electron chi connectivity index (χ4n) is 2.86. The molecule has 0 radical (unpaired) electrons. The summed E-state index contributed by atoms with van der Waals surface area (Å²) in [5, 5.41) is 15.6. The molecule has 0 saturated carbocycles. The number of nitro groups is 1. The first-order valence-corrected chi connectivity index (χ1v) is 7.93. The molecule has 0 aromatic heterocycles. The Balaban J connectivity index is 2.80. The van der Waals surface area contributed by atoms with Crippen LogP contribution in [0.2, 0.25) is 0 Å². The summed E-state index contributed by atoms with van der Waals surface area (Å²) in [5.41, 5.74) is 0.993. The number of hydrogen-bond donors (Lipinski definition) is 0. The van der Waals surface area contributed by atoms with Crippen LogP contribution in [0.1, 0.15) is 55.4 Å².